The lowest BCUT2D eigenvalue weighted by molar-refractivity contribution is -0.146. The van der Waals surface area contributed by atoms with Crippen LogP contribution in [0.15, 0.2) is 36.5 Å². The number of rotatable bonds is 6. The van der Waals surface area contributed by atoms with Crippen LogP contribution in [0.4, 0.5) is 19.0 Å². The molecule has 0 saturated carbocycles. The molecule has 0 spiro atoms. The Bertz CT molecular complexity index is 938. The number of amides is 2. The number of nitrogens with zero attached hydrogens (tertiary/aromatic N) is 1. The van der Waals surface area contributed by atoms with Crippen LogP contribution in [-0.2, 0) is 20.5 Å². The smallest absolute Gasteiger partial charge is 0.417 e. The molecule has 2 rings (SSSR count). The minimum Gasteiger partial charge on any atom is -0.454 e. The molecule has 0 fully saturated rings. The first-order valence-corrected chi connectivity index (χ1v) is 8.54. The summed E-state index contributed by atoms with van der Waals surface area (Å²) in [5.74, 6) is -2.69. The van der Waals surface area contributed by atoms with Crippen LogP contribution in [0.2, 0.25) is 10.0 Å². The molecule has 0 bridgehead atoms. The molecule has 0 unspecified atom stereocenters. The van der Waals surface area contributed by atoms with Crippen molar-refractivity contribution in [2.75, 3.05) is 18.5 Å². The topological polar surface area (TPSA) is 97.4 Å². The number of alkyl halides is 3. The highest BCUT2D eigenvalue weighted by Gasteiger charge is 2.31. The van der Waals surface area contributed by atoms with Gasteiger partial charge >= 0.3 is 12.1 Å². The maximum atomic E-state index is 12.5. The Kier molecular flexibility index (Phi) is 7.40. The second-order valence-electron chi connectivity index (χ2n) is 5.45. The van der Waals surface area contributed by atoms with Crippen molar-refractivity contribution in [3.63, 3.8) is 0 Å². The van der Waals surface area contributed by atoms with Crippen molar-refractivity contribution in [1.29, 1.82) is 0 Å². The second-order valence-corrected chi connectivity index (χ2v) is 6.30. The van der Waals surface area contributed by atoms with Gasteiger partial charge < -0.3 is 15.4 Å². The molecule has 2 aromatic rings. The van der Waals surface area contributed by atoms with Crippen LogP contribution >= 0.6 is 23.2 Å². The predicted octanol–water partition coefficient (Wildman–Crippen LogP) is 3.32. The van der Waals surface area contributed by atoms with Gasteiger partial charge in [-0.2, -0.15) is 13.2 Å². The zero-order chi connectivity index (χ0) is 21.6. The third-order valence-corrected chi connectivity index (χ3v) is 3.79. The lowest BCUT2D eigenvalue weighted by Crippen LogP contribution is -2.32. The molecule has 1 aromatic carbocycles. The molecule has 2 amide bonds. The monoisotopic (exact) mass is 449 g/mol. The van der Waals surface area contributed by atoms with Gasteiger partial charge in [0.2, 0.25) is 0 Å². The molecule has 0 aliphatic carbocycles. The van der Waals surface area contributed by atoms with Crippen molar-refractivity contribution in [2.24, 2.45) is 0 Å². The van der Waals surface area contributed by atoms with Gasteiger partial charge in [-0.25, -0.2) is 4.98 Å². The number of pyridine rings is 1. The molecule has 2 N–H and O–H groups in total. The van der Waals surface area contributed by atoms with Gasteiger partial charge in [-0.3, -0.25) is 14.4 Å². The van der Waals surface area contributed by atoms with Crippen molar-refractivity contribution >= 4 is 46.8 Å². The lowest BCUT2D eigenvalue weighted by Gasteiger charge is -2.10. The van der Waals surface area contributed by atoms with Crippen LogP contribution < -0.4 is 10.6 Å². The highest BCUT2D eigenvalue weighted by atomic mass is 35.5. The number of ether oxygens (including phenoxy) is 1. The molecule has 1 aromatic heterocycles. The Labute approximate surface area is 172 Å². The average Bonchev–Trinajstić information content (AvgIpc) is 2.65. The van der Waals surface area contributed by atoms with E-state index in [4.69, 9.17) is 23.2 Å². The number of halogens is 5. The summed E-state index contributed by atoms with van der Waals surface area (Å²) in [6.45, 7) is -1.27. The zero-order valence-corrected chi connectivity index (χ0v) is 15.9. The Morgan fingerprint density at radius 2 is 1.86 bits per heavy atom. The van der Waals surface area contributed by atoms with Crippen LogP contribution in [0.1, 0.15) is 15.9 Å². The summed E-state index contributed by atoms with van der Waals surface area (Å²) < 4.78 is 42.3. The number of carbonyl (C=O) groups is 3. The fraction of sp³-hybridized carbons (Fsp3) is 0.176. The van der Waals surface area contributed by atoms with Crippen molar-refractivity contribution in [2.45, 2.75) is 6.18 Å². The molecule has 0 atom stereocenters. The highest BCUT2D eigenvalue weighted by molar-refractivity contribution is 6.33. The van der Waals surface area contributed by atoms with E-state index in [1.54, 1.807) is 12.1 Å². The molecule has 29 heavy (non-hydrogen) atoms. The summed E-state index contributed by atoms with van der Waals surface area (Å²) in [6.07, 6.45) is -4.14. The number of anilines is 1. The molecule has 0 aliphatic rings. The molecule has 0 saturated heterocycles. The Morgan fingerprint density at radius 3 is 2.48 bits per heavy atom. The number of benzene rings is 1. The Morgan fingerprint density at radius 1 is 1.14 bits per heavy atom. The average molecular weight is 450 g/mol. The van der Waals surface area contributed by atoms with E-state index in [1.807, 2.05) is 0 Å². The molecular weight excluding hydrogens is 438 g/mol. The van der Waals surface area contributed by atoms with Gasteiger partial charge in [0, 0.05) is 16.8 Å². The normalized spacial score (nSPS) is 10.9. The van der Waals surface area contributed by atoms with E-state index in [1.165, 1.54) is 12.1 Å². The quantitative estimate of drug-likeness (QED) is 0.659. The number of nitrogens with one attached hydrogen (secondary N) is 2. The first-order valence-electron chi connectivity index (χ1n) is 7.78. The maximum absolute atomic E-state index is 12.5. The van der Waals surface area contributed by atoms with E-state index >= 15 is 0 Å². The van der Waals surface area contributed by atoms with Crippen LogP contribution in [0.3, 0.4) is 0 Å². The summed E-state index contributed by atoms with van der Waals surface area (Å²) in [4.78, 5) is 38.6. The van der Waals surface area contributed by atoms with E-state index < -0.39 is 47.7 Å². The first kappa shape index (κ1) is 22.4. The van der Waals surface area contributed by atoms with Crippen LogP contribution in [0.25, 0.3) is 0 Å². The van der Waals surface area contributed by atoms with E-state index in [9.17, 15) is 27.6 Å². The molecular formula is C17H12Cl2F3N3O4. The van der Waals surface area contributed by atoms with Gasteiger partial charge in [0.05, 0.1) is 10.6 Å². The van der Waals surface area contributed by atoms with Gasteiger partial charge in [-0.05, 0) is 24.3 Å². The van der Waals surface area contributed by atoms with Gasteiger partial charge in [-0.1, -0.05) is 29.3 Å². The fourth-order valence-corrected chi connectivity index (χ4v) is 2.34. The number of hydrogen-bond donors (Lipinski definition) is 2. The van der Waals surface area contributed by atoms with E-state index in [0.717, 1.165) is 0 Å². The molecule has 12 heteroatoms. The lowest BCUT2D eigenvalue weighted by atomic mass is 10.2. The summed E-state index contributed by atoms with van der Waals surface area (Å²) in [5.41, 5.74) is -0.853. The molecule has 1 heterocycles. The van der Waals surface area contributed by atoms with Gasteiger partial charge in [0.15, 0.2) is 12.4 Å². The first-order chi connectivity index (χ1) is 13.6. The van der Waals surface area contributed by atoms with Crippen molar-refractivity contribution in [3.05, 3.63) is 57.7 Å². The molecule has 154 valence electrons. The summed E-state index contributed by atoms with van der Waals surface area (Å²) in [7, 11) is 0. The highest BCUT2D eigenvalue weighted by Crippen LogP contribution is 2.32. The van der Waals surface area contributed by atoms with Gasteiger partial charge in [0.25, 0.3) is 11.8 Å². The van der Waals surface area contributed by atoms with E-state index in [2.05, 4.69) is 20.4 Å². The van der Waals surface area contributed by atoms with Crippen LogP contribution in [0.5, 0.6) is 0 Å². The Hall–Kier alpha value is -2.85. The van der Waals surface area contributed by atoms with Crippen molar-refractivity contribution in [1.82, 2.24) is 10.3 Å². The number of esters is 1. The van der Waals surface area contributed by atoms with Gasteiger partial charge in [0.1, 0.15) is 6.54 Å². The van der Waals surface area contributed by atoms with E-state index in [0.29, 0.717) is 17.3 Å². The zero-order valence-electron chi connectivity index (χ0n) is 14.3. The molecule has 0 radical (unpaired) electrons. The van der Waals surface area contributed by atoms with Crippen LogP contribution in [0, 0.1) is 0 Å². The SMILES string of the molecule is O=C(COC(=O)CNC(=O)c1cccc(Cl)c1)Nc1ncc(C(F)(F)F)cc1Cl. The van der Waals surface area contributed by atoms with E-state index in [-0.39, 0.29) is 11.4 Å². The number of carbonyl (C=O) groups excluding carboxylic acids is 3. The summed E-state index contributed by atoms with van der Waals surface area (Å²) >= 11 is 11.4. The van der Waals surface area contributed by atoms with Crippen molar-refractivity contribution in [3.8, 4) is 0 Å². The summed E-state index contributed by atoms with van der Waals surface area (Å²) in [5, 5.41) is 4.30. The van der Waals surface area contributed by atoms with Crippen molar-refractivity contribution < 1.29 is 32.3 Å². The molecule has 7 nitrogen and oxygen atoms in total. The third kappa shape index (κ3) is 6.91. The Balaban J connectivity index is 1.80. The number of hydrogen-bond acceptors (Lipinski definition) is 5. The van der Waals surface area contributed by atoms with Crippen LogP contribution in [-0.4, -0.2) is 35.9 Å². The number of aromatic nitrogens is 1. The predicted molar refractivity (Wildman–Crippen MR) is 97.6 cm³/mol. The third-order valence-electron chi connectivity index (χ3n) is 3.27. The molecule has 0 aliphatic heterocycles. The fourth-order valence-electron chi connectivity index (χ4n) is 1.93. The largest absolute Gasteiger partial charge is 0.454 e. The minimum absolute atomic E-state index is 0.228. The minimum atomic E-state index is -4.63. The second kappa shape index (κ2) is 9.57. The maximum Gasteiger partial charge on any atom is 0.417 e. The van der Waals surface area contributed by atoms with Gasteiger partial charge in [-0.15, -0.1) is 0 Å². The standard InChI is InChI=1S/C17H12Cl2F3N3O4/c18-11-3-1-2-9(4-11)16(28)24-7-14(27)29-8-13(26)25-15-12(19)5-10(6-23-15)17(20,21)22/h1-6H,7-8H2,(H,24,28)(H,23,25,26). The summed E-state index contributed by atoms with van der Waals surface area (Å²) in [6, 6.07) is 6.61.